The fourth-order valence-corrected chi connectivity index (χ4v) is 3.12. The summed E-state index contributed by atoms with van der Waals surface area (Å²) >= 11 is 1.39. The largest absolute Gasteiger partial charge is 0.495 e. The lowest BCUT2D eigenvalue weighted by Crippen LogP contribution is -2.30. The minimum atomic E-state index is -1.13. The third-order valence-corrected chi connectivity index (χ3v) is 4.66. The number of carbonyl (C=O) groups is 2. The van der Waals surface area contributed by atoms with Gasteiger partial charge in [0.05, 0.1) is 39.0 Å². The van der Waals surface area contributed by atoms with Gasteiger partial charge < -0.3 is 14.8 Å². The Labute approximate surface area is 163 Å². The molecule has 144 valence electrons. The molecule has 0 aliphatic heterocycles. The maximum atomic E-state index is 12.4. The van der Waals surface area contributed by atoms with Crippen LogP contribution in [0.4, 0.5) is 11.4 Å². The first kappa shape index (κ1) is 19.2. The summed E-state index contributed by atoms with van der Waals surface area (Å²) in [5.41, 5.74) is 2.63. The number of methoxy groups -OCH3 is 1. The first-order valence-corrected chi connectivity index (χ1v) is 8.94. The number of nitrogens with zero attached hydrogens (tertiary/aromatic N) is 2. The Bertz CT molecular complexity index is 1060. The third kappa shape index (κ3) is 4.07. The van der Waals surface area contributed by atoms with Gasteiger partial charge in [-0.2, -0.15) is 0 Å². The monoisotopic (exact) mass is 401 g/mol. The number of nitrogens with one attached hydrogen (secondary N) is 1. The van der Waals surface area contributed by atoms with Crippen LogP contribution in [0.3, 0.4) is 0 Å². The maximum Gasteiger partial charge on any atom is 0.338 e. The molecule has 3 aromatic rings. The predicted molar refractivity (Wildman–Crippen MR) is 103 cm³/mol. The van der Waals surface area contributed by atoms with Crippen LogP contribution in [0.5, 0.6) is 5.75 Å². The lowest BCUT2D eigenvalue weighted by atomic mass is 10.2. The summed E-state index contributed by atoms with van der Waals surface area (Å²) in [5.74, 6) is -1.07. The van der Waals surface area contributed by atoms with Crippen molar-refractivity contribution >= 4 is 44.8 Å². The number of carbonyl (C=O) groups excluding carboxylic acids is 2. The van der Waals surface area contributed by atoms with E-state index in [1.54, 1.807) is 23.7 Å². The van der Waals surface area contributed by atoms with Crippen molar-refractivity contribution in [1.82, 2.24) is 4.98 Å². The molecule has 1 amide bonds. The standard InChI is InChI=1S/C18H15N3O6S/c1-10(27-18(23)11-3-5-13-16(7-11)28-9-19-13)17(22)20-14-8-12(21(24)25)4-6-15(14)26-2/h3-10H,1-2H3,(H,20,22). The molecule has 3 rings (SSSR count). The molecule has 0 radical (unpaired) electrons. The third-order valence-electron chi connectivity index (χ3n) is 3.87. The van der Waals surface area contributed by atoms with Crippen LogP contribution in [-0.4, -0.2) is 35.0 Å². The van der Waals surface area contributed by atoms with Gasteiger partial charge in [0.2, 0.25) is 0 Å². The number of hydrogen-bond donors (Lipinski definition) is 1. The predicted octanol–water partition coefficient (Wildman–Crippen LogP) is 3.40. The molecule has 0 spiro atoms. The van der Waals surface area contributed by atoms with E-state index in [9.17, 15) is 19.7 Å². The van der Waals surface area contributed by atoms with Gasteiger partial charge >= 0.3 is 5.97 Å². The Morgan fingerprint density at radius 3 is 2.75 bits per heavy atom. The van der Waals surface area contributed by atoms with Crippen molar-refractivity contribution in [1.29, 1.82) is 0 Å². The second kappa shape index (κ2) is 8.01. The zero-order chi connectivity index (χ0) is 20.3. The van der Waals surface area contributed by atoms with Crippen molar-refractivity contribution in [2.24, 2.45) is 0 Å². The van der Waals surface area contributed by atoms with Crippen LogP contribution >= 0.6 is 11.3 Å². The molecule has 9 nitrogen and oxygen atoms in total. The van der Waals surface area contributed by atoms with E-state index in [0.29, 0.717) is 5.56 Å². The van der Waals surface area contributed by atoms with Crippen LogP contribution in [0.1, 0.15) is 17.3 Å². The minimum absolute atomic E-state index is 0.107. The van der Waals surface area contributed by atoms with Gasteiger partial charge in [0.1, 0.15) is 5.75 Å². The highest BCUT2D eigenvalue weighted by Gasteiger charge is 2.22. The quantitative estimate of drug-likeness (QED) is 0.382. The number of amides is 1. The first-order chi connectivity index (χ1) is 13.4. The number of fused-ring (bicyclic) bond motifs is 1. The number of thiazole rings is 1. The fraction of sp³-hybridized carbons (Fsp3) is 0.167. The van der Waals surface area contributed by atoms with Crippen molar-refractivity contribution in [3.63, 3.8) is 0 Å². The van der Waals surface area contributed by atoms with E-state index in [1.807, 2.05) is 0 Å². The van der Waals surface area contributed by atoms with Crippen LogP contribution in [0.2, 0.25) is 0 Å². The van der Waals surface area contributed by atoms with Gasteiger partial charge in [-0.1, -0.05) is 0 Å². The summed E-state index contributed by atoms with van der Waals surface area (Å²) in [4.78, 5) is 39.2. The van der Waals surface area contributed by atoms with E-state index in [2.05, 4.69) is 10.3 Å². The smallest absolute Gasteiger partial charge is 0.338 e. The second-order valence-corrected chi connectivity index (χ2v) is 6.60. The number of non-ortho nitro benzene ring substituents is 1. The zero-order valence-corrected chi connectivity index (χ0v) is 15.7. The van der Waals surface area contributed by atoms with Crippen LogP contribution in [0.25, 0.3) is 10.2 Å². The highest BCUT2D eigenvalue weighted by atomic mass is 32.1. The van der Waals surface area contributed by atoms with Crippen LogP contribution in [0, 0.1) is 10.1 Å². The van der Waals surface area contributed by atoms with Crippen LogP contribution in [0.15, 0.2) is 41.9 Å². The maximum absolute atomic E-state index is 12.4. The average Bonchev–Trinajstić information content (AvgIpc) is 3.15. The molecule has 0 saturated carbocycles. The van der Waals surface area contributed by atoms with Gasteiger partial charge in [-0.15, -0.1) is 11.3 Å². The van der Waals surface area contributed by atoms with Gasteiger partial charge in [-0.3, -0.25) is 14.9 Å². The lowest BCUT2D eigenvalue weighted by molar-refractivity contribution is -0.384. The Morgan fingerprint density at radius 2 is 2.04 bits per heavy atom. The van der Waals surface area contributed by atoms with E-state index in [1.165, 1.54) is 43.6 Å². The van der Waals surface area contributed by atoms with E-state index in [0.717, 1.165) is 10.2 Å². The molecule has 1 atom stereocenters. The SMILES string of the molecule is COc1ccc([N+](=O)[O-])cc1NC(=O)C(C)OC(=O)c1ccc2ncsc2c1. The molecule has 10 heteroatoms. The number of nitro benzene ring substituents is 1. The molecule has 0 aliphatic carbocycles. The van der Waals surface area contributed by atoms with Crippen LogP contribution < -0.4 is 10.1 Å². The molecule has 1 heterocycles. The molecule has 0 fully saturated rings. The summed E-state index contributed by atoms with van der Waals surface area (Å²) in [6, 6.07) is 8.70. The molecular formula is C18H15N3O6S. The zero-order valence-electron chi connectivity index (χ0n) is 14.9. The van der Waals surface area contributed by atoms with E-state index < -0.39 is 22.9 Å². The van der Waals surface area contributed by atoms with Gasteiger partial charge in [-0.25, -0.2) is 9.78 Å². The first-order valence-electron chi connectivity index (χ1n) is 8.06. The van der Waals surface area contributed by atoms with Gasteiger partial charge in [0.15, 0.2) is 6.10 Å². The number of benzene rings is 2. The molecule has 1 N–H and O–H groups in total. The summed E-state index contributed by atoms with van der Waals surface area (Å²) in [7, 11) is 1.37. The molecule has 28 heavy (non-hydrogen) atoms. The van der Waals surface area contributed by atoms with E-state index in [4.69, 9.17) is 9.47 Å². The van der Waals surface area contributed by atoms with Gasteiger partial charge in [0.25, 0.3) is 11.6 Å². The lowest BCUT2D eigenvalue weighted by Gasteiger charge is -2.15. The highest BCUT2D eigenvalue weighted by molar-refractivity contribution is 7.16. The van der Waals surface area contributed by atoms with Crippen molar-refractivity contribution in [3.05, 3.63) is 57.6 Å². The molecule has 0 saturated heterocycles. The topological polar surface area (TPSA) is 121 Å². The normalized spacial score (nSPS) is 11.6. The number of ether oxygens (including phenoxy) is 2. The van der Waals surface area contributed by atoms with Crippen molar-refractivity contribution in [2.75, 3.05) is 12.4 Å². The molecular weight excluding hydrogens is 386 g/mol. The summed E-state index contributed by atoms with van der Waals surface area (Å²) in [6.07, 6.45) is -1.13. The van der Waals surface area contributed by atoms with Gasteiger partial charge in [0, 0.05) is 12.1 Å². The Hall–Kier alpha value is -3.53. The van der Waals surface area contributed by atoms with E-state index in [-0.39, 0.29) is 17.1 Å². The molecule has 1 aromatic heterocycles. The molecule has 0 bridgehead atoms. The number of hydrogen-bond acceptors (Lipinski definition) is 8. The number of rotatable bonds is 6. The minimum Gasteiger partial charge on any atom is -0.495 e. The van der Waals surface area contributed by atoms with Crippen LogP contribution in [-0.2, 0) is 9.53 Å². The van der Waals surface area contributed by atoms with Crippen molar-refractivity contribution in [2.45, 2.75) is 13.0 Å². The highest BCUT2D eigenvalue weighted by Crippen LogP contribution is 2.29. The summed E-state index contributed by atoms with van der Waals surface area (Å²) < 4.78 is 11.1. The number of nitro groups is 1. The number of anilines is 1. The molecule has 2 aromatic carbocycles. The molecule has 0 aliphatic rings. The van der Waals surface area contributed by atoms with Gasteiger partial charge in [-0.05, 0) is 31.2 Å². The fourth-order valence-electron chi connectivity index (χ4n) is 2.41. The Morgan fingerprint density at radius 1 is 1.25 bits per heavy atom. The second-order valence-electron chi connectivity index (χ2n) is 5.71. The Balaban J connectivity index is 1.71. The average molecular weight is 401 g/mol. The molecule has 1 unspecified atom stereocenters. The number of aromatic nitrogens is 1. The number of esters is 1. The summed E-state index contributed by atoms with van der Waals surface area (Å²) in [6.45, 7) is 1.41. The van der Waals surface area contributed by atoms with Crippen molar-refractivity contribution < 1.29 is 24.0 Å². The van der Waals surface area contributed by atoms with Crippen molar-refractivity contribution in [3.8, 4) is 5.75 Å². The van der Waals surface area contributed by atoms with E-state index >= 15 is 0 Å². The summed E-state index contributed by atoms with van der Waals surface area (Å²) in [5, 5.41) is 13.4. The Kier molecular flexibility index (Phi) is 5.50.